The van der Waals surface area contributed by atoms with Crippen molar-refractivity contribution in [2.75, 3.05) is 0 Å². The number of aromatic hydroxyl groups is 1. The summed E-state index contributed by atoms with van der Waals surface area (Å²) in [4.78, 5) is 35.5. The number of carboxylic acids is 1. The molecule has 1 aliphatic heterocycles. The zero-order valence-corrected chi connectivity index (χ0v) is 11.6. The Kier molecular flexibility index (Phi) is 3.05. The number of ether oxygens (including phenoxy) is 1. The Morgan fingerprint density at radius 1 is 1.36 bits per heavy atom. The number of aliphatic carboxylic acids is 1. The zero-order valence-electron chi connectivity index (χ0n) is 11.6. The second kappa shape index (κ2) is 4.69. The van der Waals surface area contributed by atoms with E-state index in [1.54, 1.807) is 0 Å². The van der Waals surface area contributed by atoms with E-state index in [0.717, 1.165) is 0 Å². The highest BCUT2D eigenvalue weighted by Crippen LogP contribution is 2.53. The lowest BCUT2D eigenvalue weighted by molar-refractivity contribution is -0.146. The molecule has 2 aliphatic rings. The molecule has 0 aromatic heterocycles. The van der Waals surface area contributed by atoms with Gasteiger partial charge in [-0.05, 0) is 36.6 Å². The van der Waals surface area contributed by atoms with Gasteiger partial charge in [0.15, 0.2) is 5.60 Å². The van der Waals surface area contributed by atoms with Gasteiger partial charge in [0.05, 0.1) is 5.56 Å². The second-order valence-corrected chi connectivity index (χ2v) is 5.62. The minimum atomic E-state index is -1.65. The molecule has 0 saturated heterocycles. The van der Waals surface area contributed by atoms with E-state index in [0.29, 0.717) is 12.7 Å². The predicted molar refractivity (Wildman–Crippen MR) is 74.9 cm³/mol. The molecule has 0 radical (unpaired) electrons. The number of hydrogen-bond donors (Lipinski definition) is 2. The molecule has 0 unspecified atom stereocenters. The molecule has 6 heteroatoms. The van der Waals surface area contributed by atoms with Crippen LogP contribution in [0.25, 0.3) is 0 Å². The topological polar surface area (TPSA) is 101 Å². The van der Waals surface area contributed by atoms with Crippen LogP contribution in [0.1, 0.15) is 23.2 Å². The Bertz CT molecular complexity index is 707. The standard InChI is InChI=1S/C16H14O6/c1-8(7-17)11-3-4-12(15(20)21)16(11)14(19)10-6-9(18)2-5-13(10)22-16/h2,5-7,11-12,18H,1,3-4H2,(H,20,21)/t11-,12-,16+/m0/s1. The van der Waals surface area contributed by atoms with Crippen molar-refractivity contribution in [1.29, 1.82) is 0 Å². The highest BCUT2D eigenvalue weighted by atomic mass is 16.5. The molecule has 3 rings (SSSR count). The van der Waals surface area contributed by atoms with E-state index in [1.807, 2.05) is 0 Å². The fourth-order valence-corrected chi connectivity index (χ4v) is 3.54. The molecule has 0 bridgehead atoms. The summed E-state index contributed by atoms with van der Waals surface area (Å²) in [6.45, 7) is 3.64. The summed E-state index contributed by atoms with van der Waals surface area (Å²) in [6, 6.07) is 4.04. The van der Waals surface area contributed by atoms with Gasteiger partial charge in [0.1, 0.15) is 23.7 Å². The number of aldehydes is 1. The number of phenolic OH excluding ortho intramolecular Hbond substituents is 1. The molecule has 1 heterocycles. The van der Waals surface area contributed by atoms with Crippen molar-refractivity contribution in [2.45, 2.75) is 18.4 Å². The quantitative estimate of drug-likeness (QED) is 0.649. The number of ketones is 1. The summed E-state index contributed by atoms with van der Waals surface area (Å²) in [5, 5.41) is 19.0. The third-order valence-electron chi connectivity index (χ3n) is 4.52. The molecule has 1 aromatic rings. The van der Waals surface area contributed by atoms with Gasteiger partial charge in [-0.1, -0.05) is 6.58 Å². The van der Waals surface area contributed by atoms with E-state index < -0.39 is 29.2 Å². The van der Waals surface area contributed by atoms with Crippen LogP contribution in [-0.2, 0) is 9.59 Å². The maximum absolute atomic E-state index is 12.9. The monoisotopic (exact) mass is 302 g/mol. The average Bonchev–Trinajstić information content (AvgIpc) is 2.99. The Morgan fingerprint density at radius 2 is 2.05 bits per heavy atom. The van der Waals surface area contributed by atoms with Crippen LogP contribution in [0.5, 0.6) is 11.5 Å². The number of carbonyl (C=O) groups excluding carboxylic acids is 2. The third-order valence-corrected chi connectivity index (χ3v) is 4.52. The predicted octanol–water partition coefficient (Wildman–Crippen LogP) is 1.57. The molecule has 1 aromatic carbocycles. The molecule has 2 N–H and O–H groups in total. The van der Waals surface area contributed by atoms with Crippen molar-refractivity contribution in [3.8, 4) is 11.5 Å². The normalized spacial score (nSPS) is 29.2. The lowest BCUT2D eigenvalue weighted by Gasteiger charge is -2.32. The van der Waals surface area contributed by atoms with Gasteiger partial charge in [0, 0.05) is 5.92 Å². The van der Waals surface area contributed by atoms with Crippen LogP contribution in [-0.4, -0.2) is 33.9 Å². The number of carbonyl (C=O) groups is 3. The number of carboxylic acid groups (broad SMARTS) is 1. The van der Waals surface area contributed by atoms with Crippen molar-refractivity contribution in [1.82, 2.24) is 0 Å². The second-order valence-electron chi connectivity index (χ2n) is 5.62. The molecule has 1 spiro atoms. The Hall–Kier alpha value is -2.63. The van der Waals surface area contributed by atoms with Crippen LogP contribution in [0.2, 0.25) is 0 Å². The minimum absolute atomic E-state index is 0.108. The molecule has 114 valence electrons. The van der Waals surface area contributed by atoms with Gasteiger partial charge in [0.2, 0.25) is 5.78 Å². The number of hydrogen-bond acceptors (Lipinski definition) is 5. The summed E-state index contributed by atoms with van der Waals surface area (Å²) in [5.74, 6) is -3.30. The maximum atomic E-state index is 12.9. The van der Waals surface area contributed by atoms with Crippen LogP contribution in [0, 0.1) is 11.8 Å². The fraction of sp³-hybridized carbons (Fsp3) is 0.312. The van der Waals surface area contributed by atoms with Crippen LogP contribution in [0.3, 0.4) is 0 Å². The molecule has 6 nitrogen and oxygen atoms in total. The van der Waals surface area contributed by atoms with E-state index in [1.165, 1.54) is 18.2 Å². The Balaban J connectivity index is 2.16. The lowest BCUT2D eigenvalue weighted by Crippen LogP contribution is -2.52. The van der Waals surface area contributed by atoms with Gasteiger partial charge in [0.25, 0.3) is 0 Å². The van der Waals surface area contributed by atoms with Crippen LogP contribution in [0.15, 0.2) is 30.4 Å². The van der Waals surface area contributed by atoms with Crippen molar-refractivity contribution in [2.24, 2.45) is 11.8 Å². The third kappa shape index (κ3) is 1.70. The first-order chi connectivity index (χ1) is 10.4. The smallest absolute Gasteiger partial charge is 0.311 e. The average molecular weight is 302 g/mol. The number of Topliss-reactive ketones (excluding diaryl/α,β-unsaturated/α-hetero) is 1. The van der Waals surface area contributed by atoms with Gasteiger partial charge >= 0.3 is 5.97 Å². The Morgan fingerprint density at radius 3 is 2.68 bits per heavy atom. The van der Waals surface area contributed by atoms with Gasteiger partial charge < -0.3 is 14.9 Å². The number of rotatable bonds is 3. The van der Waals surface area contributed by atoms with E-state index >= 15 is 0 Å². The highest BCUT2D eigenvalue weighted by Gasteiger charge is 2.64. The fourth-order valence-electron chi connectivity index (χ4n) is 3.54. The lowest BCUT2D eigenvalue weighted by atomic mass is 9.77. The molecule has 0 amide bonds. The molecule has 1 saturated carbocycles. The minimum Gasteiger partial charge on any atom is -0.508 e. The van der Waals surface area contributed by atoms with Crippen molar-refractivity contribution >= 4 is 18.0 Å². The summed E-state index contributed by atoms with van der Waals surface area (Å²) >= 11 is 0. The number of fused-ring (bicyclic) bond motifs is 1. The van der Waals surface area contributed by atoms with Crippen molar-refractivity contribution in [3.05, 3.63) is 35.9 Å². The molecular weight excluding hydrogens is 288 g/mol. The number of phenols is 1. The summed E-state index contributed by atoms with van der Waals surface area (Å²) in [6.07, 6.45) is 1.09. The van der Waals surface area contributed by atoms with Crippen LogP contribution >= 0.6 is 0 Å². The first kappa shape index (κ1) is 14.3. The highest BCUT2D eigenvalue weighted by molar-refractivity contribution is 6.11. The largest absolute Gasteiger partial charge is 0.508 e. The SMILES string of the molecule is C=C(C=O)[C@@H]1CC[C@@H](C(=O)O)[C@]12Oc1ccc(O)cc1C2=O. The summed E-state index contributed by atoms with van der Waals surface area (Å²) in [7, 11) is 0. The zero-order chi connectivity index (χ0) is 16.1. The van der Waals surface area contributed by atoms with E-state index in [9.17, 15) is 24.6 Å². The maximum Gasteiger partial charge on any atom is 0.311 e. The van der Waals surface area contributed by atoms with Crippen LogP contribution in [0.4, 0.5) is 0 Å². The van der Waals surface area contributed by atoms with Gasteiger partial charge in [-0.3, -0.25) is 14.4 Å². The van der Waals surface area contributed by atoms with Crippen molar-refractivity contribution in [3.63, 3.8) is 0 Å². The van der Waals surface area contributed by atoms with Crippen molar-refractivity contribution < 1.29 is 29.3 Å². The first-order valence-electron chi connectivity index (χ1n) is 6.85. The van der Waals surface area contributed by atoms with E-state index in [4.69, 9.17) is 4.74 Å². The Labute approximate surface area is 126 Å². The first-order valence-corrected chi connectivity index (χ1v) is 6.85. The number of benzene rings is 1. The van der Waals surface area contributed by atoms with E-state index in [-0.39, 0.29) is 29.1 Å². The summed E-state index contributed by atoms with van der Waals surface area (Å²) in [5.41, 5.74) is -1.37. The van der Waals surface area contributed by atoms with Gasteiger partial charge in [-0.2, -0.15) is 0 Å². The molecule has 22 heavy (non-hydrogen) atoms. The summed E-state index contributed by atoms with van der Waals surface area (Å²) < 4.78 is 5.77. The van der Waals surface area contributed by atoms with Gasteiger partial charge in [-0.15, -0.1) is 0 Å². The van der Waals surface area contributed by atoms with E-state index in [2.05, 4.69) is 6.58 Å². The van der Waals surface area contributed by atoms with Crippen LogP contribution < -0.4 is 4.74 Å². The van der Waals surface area contributed by atoms with Gasteiger partial charge in [-0.25, -0.2) is 0 Å². The molecule has 3 atom stereocenters. The molecular formula is C16H14O6. The molecule has 1 aliphatic carbocycles. The molecule has 1 fully saturated rings.